The molecular formula is C14H10ClFN2O2S. The fraction of sp³-hybridized carbons (Fsp3) is 0.143. The van der Waals surface area contributed by atoms with Crippen LogP contribution in [0.25, 0.3) is 0 Å². The number of anilines is 1. The van der Waals surface area contributed by atoms with Crippen LogP contribution in [0.1, 0.15) is 15.2 Å². The van der Waals surface area contributed by atoms with E-state index in [9.17, 15) is 14.0 Å². The summed E-state index contributed by atoms with van der Waals surface area (Å²) in [6.07, 6.45) is 0. The second-order valence-electron chi connectivity index (χ2n) is 4.58. The number of thiophene rings is 1. The van der Waals surface area contributed by atoms with Gasteiger partial charge in [-0.15, -0.1) is 11.3 Å². The lowest BCUT2D eigenvalue weighted by Gasteiger charge is -2.18. The molecule has 2 amide bonds. The molecule has 7 heteroatoms. The maximum Gasteiger partial charge on any atom is 0.264 e. The Hall–Kier alpha value is -1.92. The number of hydrogen-bond donors (Lipinski definition) is 1. The highest BCUT2D eigenvalue weighted by atomic mass is 35.5. The first-order valence-electron chi connectivity index (χ1n) is 6.16. The van der Waals surface area contributed by atoms with E-state index < -0.39 is 5.82 Å². The Bertz CT molecular complexity index is 732. The maximum absolute atomic E-state index is 13.9. The zero-order valence-corrected chi connectivity index (χ0v) is 12.3. The average molecular weight is 325 g/mol. The molecular weight excluding hydrogens is 315 g/mol. The summed E-state index contributed by atoms with van der Waals surface area (Å²) in [4.78, 5) is 26.0. The third-order valence-electron chi connectivity index (χ3n) is 3.15. The molecule has 1 aliphatic heterocycles. The minimum absolute atomic E-state index is 0.0368. The Morgan fingerprint density at radius 2 is 2.10 bits per heavy atom. The van der Waals surface area contributed by atoms with E-state index >= 15 is 0 Å². The van der Waals surface area contributed by atoms with Gasteiger partial charge in [-0.1, -0.05) is 17.7 Å². The van der Waals surface area contributed by atoms with E-state index in [1.54, 1.807) is 18.2 Å². The maximum atomic E-state index is 13.9. The number of fused-ring (bicyclic) bond motifs is 1. The van der Waals surface area contributed by atoms with Crippen molar-refractivity contribution in [1.82, 2.24) is 4.90 Å². The molecule has 0 aliphatic carbocycles. The van der Waals surface area contributed by atoms with Crippen molar-refractivity contribution in [2.45, 2.75) is 6.54 Å². The molecule has 0 bridgehead atoms. The van der Waals surface area contributed by atoms with E-state index in [2.05, 4.69) is 5.32 Å². The predicted octanol–water partition coefficient (Wildman–Crippen LogP) is 3.14. The van der Waals surface area contributed by atoms with Crippen LogP contribution in [0, 0.1) is 5.82 Å². The van der Waals surface area contributed by atoms with Gasteiger partial charge in [0, 0.05) is 11.3 Å². The fourth-order valence-corrected chi connectivity index (χ4v) is 3.19. The molecule has 0 saturated heterocycles. The van der Waals surface area contributed by atoms with Crippen molar-refractivity contribution in [3.8, 4) is 0 Å². The summed E-state index contributed by atoms with van der Waals surface area (Å²) < 4.78 is 14.4. The van der Waals surface area contributed by atoms with Gasteiger partial charge in [0.1, 0.15) is 12.4 Å². The highest BCUT2D eigenvalue weighted by Gasteiger charge is 2.26. The lowest BCUT2D eigenvalue weighted by atomic mass is 10.1. The van der Waals surface area contributed by atoms with Crippen LogP contribution in [-0.2, 0) is 11.3 Å². The monoisotopic (exact) mass is 324 g/mol. The standard InChI is InChI=1S/C14H10ClFN2O2S/c15-12-5-4-11(21-12)14(20)18-6-8-9(16)2-1-3-10(8)17-13(19)7-18/h1-5H,6-7H2,(H,17,19). The second-order valence-corrected chi connectivity index (χ2v) is 6.29. The Kier molecular flexibility index (Phi) is 3.65. The number of carbonyl (C=O) groups excluding carboxylic acids is 2. The molecule has 1 aromatic carbocycles. The van der Waals surface area contributed by atoms with Crippen molar-refractivity contribution in [1.29, 1.82) is 0 Å². The molecule has 0 atom stereocenters. The first kappa shape index (κ1) is 14.0. The summed E-state index contributed by atoms with van der Waals surface area (Å²) in [5.74, 6) is -1.13. The smallest absolute Gasteiger partial charge is 0.264 e. The number of hydrogen-bond acceptors (Lipinski definition) is 3. The third-order valence-corrected chi connectivity index (χ3v) is 4.37. The Balaban J connectivity index is 1.95. The van der Waals surface area contributed by atoms with Crippen molar-refractivity contribution >= 4 is 40.4 Å². The summed E-state index contributed by atoms with van der Waals surface area (Å²) in [7, 11) is 0. The summed E-state index contributed by atoms with van der Waals surface area (Å²) in [6.45, 7) is -0.0857. The van der Waals surface area contributed by atoms with Crippen LogP contribution in [0.4, 0.5) is 10.1 Å². The molecule has 2 heterocycles. The van der Waals surface area contributed by atoms with Gasteiger partial charge in [0.25, 0.3) is 5.91 Å². The molecule has 0 radical (unpaired) electrons. The Labute approximate surface area is 129 Å². The summed E-state index contributed by atoms with van der Waals surface area (Å²) >= 11 is 6.95. The summed E-state index contributed by atoms with van der Waals surface area (Å²) in [6, 6.07) is 7.66. The number of amides is 2. The zero-order chi connectivity index (χ0) is 15.0. The Morgan fingerprint density at radius 3 is 2.81 bits per heavy atom. The van der Waals surface area contributed by atoms with Gasteiger partial charge >= 0.3 is 0 Å². The number of halogens is 2. The van der Waals surface area contributed by atoms with Gasteiger partial charge in [0.05, 0.1) is 15.8 Å². The Morgan fingerprint density at radius 1 is 1.29 bits per heavy atom. The van der Waals surface area contributed by atoms with Crippen molar-refractivity contribution in [2.24, 2.45) is 0 Å². The van der Waals surface area contributed by atoms with E-state index in [4.69, 9.17) is 11.6 Å². The fourth-order valence-electron chi connectivity index (χ4n) is 2.17. The predicted molar refractivity (Wildman–Crippen MR) is 79.1 cm³/mol. The van der Waals surface area contributed by atoms with Gasteiger partial charge in [-0.25, -0.2) is 4.39 Å². The molecule has 0 fully saturated rings. The van der Waals surface area contributed by atoms with Crippen molar-refractivity contribution < 1.29 is 14.0 Å². The highest BCUT2D eigenvalue weighted by molar-refractivity contribution is 7.17. The number of carbonyl (C=O) groups is 2. The van der Waals surface area contributed by atoms with Gasteiger partial charge < -0.3 is 10.2 Å². The lowest BCUT2D eigenvalue weighted by Crippen LogP contribution is -2.35. The highest BCUT2D eigenvalue weighted by Crippen LogP contribution is 2.27. The number of nitrogens with one attached hydrogen (secondary N) is 1. The van der Waals surface area contributed by atoms with Crippen LogP contribution in [-0.4, -0.2) is 23.3 Å². The molecule has 1 aliphatic rings. The first-order chi connectivity index (χ1) is 10.0. The van der Waals surface area contributed by atoms with Gasteiger partial charge in [0.15, 0.2) is 0 Å². The van der Waals surface area contributed by atoms with Crippen molar-refractivity contribution in [2.75, 3.05) is 11.9 Å². The first-order valence-corrected chi connectivity index (χ1v) is 7.36. The van der Waals surface area contributed by atoms with Gasteiger partial charge in [-0.2, -0.15) is 0 Å². The minimum atomic E-state index is -0.447. The molecule has 1 N–H and O–H groups in total. The lowest BCUT2D eigenvalue weighted by molar-refractivity contribution is -0.116. The van der Waals surface area contributed by atoms with Crippen molar-refractivity contribution in [3.05, 3.63) is 50.9 Å². The van der Waals surface area contributed by atoms with E-state index in [0.717, 1.165) is 11.3 Å². The van der Waals surface area contributed by atoms with Gasteiger partial charge in [-0.3, -0.25) is 9.59 Å². The van der Waals surface area contributed by atoms with E-state index in [1.807, 2.05) is 0 Å². The molecule has 4 nitrogen and oxygen atoms in total. The van der Waals surface area contributed by atoms with E-state index in [-0.39, 0.29) is 24.9 Å². The number of rotatable bonds is 1. The van der Waals surface area contributed by atoms with Crippen LogP contribution in [0.5, 0.6) is 0 Å². The summed E-state index contributed by atoms with van der Waals surface area (Å²) in [5, 5.41) is 2.61. The third kappa shape index (κ3) is 2.77. The number of benzene rings is 1. The van der Waals surface area contributed by atoms with Crippen molar-refractivity contribution in [3.63, 3.8) is 0 Å². The van der Waals surface area contributed by atoms with Crippen LogP contribution in [0.15, 0.2) is 30.3 Å². The van der Waals surface area contributed by atoms with Gasteiger partial charge in [0.2, 0.25) is 5.91 Å². The largest absolute Gasteiger partial charge is 0.324 e. The molecule has 21 heavy (non-hydrogen) atoms. The molecule has 3 rings (SSSR count). The van der Waals surface area contributed by atoms with Crippen LogP contribution < -0.4 is 5.32 Å². The normalized spacial score (nSPS) is 14.4. The van der Waals surface area contributed by atoms with E-state index in [1.165, 1.54) is 17.0 Å². The SMILES string of the molecule is O=C1CN(C(=O)c2ccc(Cl)s2)Cc2c(F)cccc2N1. The second kappa shape index (κ2) is 5.46. The van der Waals surface area contributed by atoms with Gasteiger partial charge in [-0.05, 0) is 24.3 Å². The van der Waals surface area contributed by atoms with Crippen LogP contribution in [0.3, 0.4) is 0 Å². The number of nitrogens with zero attached hydrogens (tertiary/aromatic N) is 1. The molecule has 2 aromatic rings. The molecule has 0 spiro atoms. The quantitative estimate of drug-likeness (QED) is 0.876. The minimum Gasteiger partial charge on any atom is -0.324 e. The van der Waals surface area contributed by atoms with E-state index in [0.29, 0.717) is 20.5 Å². The molecule has 0 saturated carbocycles. The molecule has 108 valence electrons. The van der Waals surface area contributed by atoms with Crippen LogP contribution >= 0.6 is 22.9 Å². The zero-order valence-electron chi connectivity index (χ0n) is 10.7. The average Bonchev–Trinajstić information content (AvgIpc) is 2.78. The topological polar surface area (TPSA) is 49.4 Å². The molecule has 1 aromatic heterocycles. The molecule has 0 unspecified atom stereocenters. The van der Waals surface area contributed by atoms with Crippen LogP contribution in [0.2, 0.25) is 4.34 Å². The summed E-state index contributed by atoms with van der Waals surface area (Å²) in [5.41, 5.74) is 0.707.